The van der Waals surface area contributed by atoms with Crippen LogP contribution in [0.4, 0.5) is 0 Å². The van der Waals surface area contributed by atoms with Gasteiger partial charge < -0.3 is 10.6 Å². The average Bonchev–Trinajstić information content (AvgIpc) is 3.17. The van der Waals surface area contributed by atoms with Crippen LogP contribution < -0.4 is 5.73 Å². The first-order chi connectivity index (χ1) is 10.1. The summed E-state index contributed by atoms with van der Waals surface area (Å²) in [5, 5.41) is 4.23. The first-order valence-electron chi connectivity index (χ1n) is 7.21. The van der Waals surface area contributed by atoms with E-state index in [1.165, 1.54) is 0 Å². The lowest BCUT2D eigenvalue weighted by Crippen LogP contribution is -2.34. The third-order valence-corrected chi connectivity index (χ3v) is 4.22. The largest absolute Gasteiger partial charge is 0.338 e. The van der Waals surface area contributed by atoms with Gasteiger partial charge in [-0.3, -0.25) is 4.79 Å². The fraction of sp³-hybridized carbons (Fsp3) is 0.375. The molecule has 110 valence electrons. The number of para-hydroxylation sites is 1. The Bertz CT molecular complexity index is 637. The Morgan fingerprint density at radius 3 is 2.86 bits per heavy atom. The molecule has 3 rings (SSSR count). The maximum absolute atomic E-state index is 12.8. The maximum Gasteiger partial charge on any atom is 0.256 e. The van der Waals surface area contributed by atoms with E-state index < -0.39 is 0 Å². The fourth-order valence-corrected chi connectivity index (χ4v) is 2.80. The van der Waals surface area contributed by atoms with Gasteiger partial charge in [-0.05, 0) is 36.6 Å². The number of hydrogen-bond donors (Lipinski definition) is 1. The quantitative estimate of drug-likeness (QED) is 0.932. The predicted octanol–water partition coefficient (Wildman–Crippen LogP) is 1.68. The van der Waals surface area contributed by atoms with Crippen LogP contribution in [0.3, 0.4) is 0 Å². The lowest BCUT2D eigenvalue weighted by atomic mass is 9.90. The first-order valence-corrected chi connectivity index (χ1v) is 7.21. The van der Waals surface area contributed by atoms with Crippen molar-refractivity contribution < 1.29 is 4.79 Å². The second kappa shape index (κ2) is 5.33. The Kier molecular flexibility index (Phi) is 3.51. The Hall–Kier alpha value is -2.14. The summed E-state index contributed by atoms with van der Waals surface area (Å²) in [6.07, 6.45) is 4.52. The van der Waals surface area contributed by atoms with E-state index in [4.69, 9.17) is 5.73 Å². The standard InChI is InChI=1S/C16H20N4O/c1-16(11-17)7-10-19(12-16)15(21)13-5-2-3-6-14(13)20-9-4-8-18-20/h2-6,8-9H,7,10-12,17H2,1H3. The topological polar surface area (TPSA) is 64.2 Å². The summed E-state index contributed by atoms with van der Waals surface area (Å²) in [5.41, 5.74) is 7.36. The van der Waals surface area contributed by atoms with Gasteiger partial charge >= 0.3 is 0 Å². The smallest absolute Gasteiger partial charge is 0.256 e. The molecule has 1 aromatic carbocycles. The molecule has 1 saturated heterocycles. The summed E-state index contributed by atoms with van der Waals surface area (Å²) in [7, 11) is 0. The van der Waals surface area contributed by atoms with Crippen molar-refractivity contribution in [2.24, 2.45) is 11.1 Å². The molecule has 0 radical (unpaired) electrons. The molecule has 21 heavy (non-hydrogen) atoms. The molecule has 1 aromatic heterocycles. The summed E-state index contributed by atoms with van der Waals surface area (Å²) in [6.45, 7) is 4.23. The second-order valence-electron chi connectivity index (χ2n) is 5.96. The van der Waals surface area contributed by atoms with Crippen molar-refractivity contribution >= 4 is 5.91 Å². The molecule has 1 amide bonds. The van der Waals surface area contributed by atoms with Crippen LogP contribution in [-0.2, 0) is 0 Å². The molecule has 0 saturated carbocycles. The van der Waals surface area contributed by atoms with E-state index >= 15 is 0 Å². The molecule has 5 heteroatoms. The number of carbonyl (C=O) groups excluding carboxylic acids is 1. The summed E-state index contributed by atoms with van der Waals surface area (Å²) in [5.74, 6) is 0.0540. The molecule has 2 aromatic rings. The number of hydrogen-bond acceptors (Lipinski definition) is 3. The maximum atomic E-state index is 12.8. The molecular weight excluding hydrogens is 264 g/mol. The van der Waals surface area contributed by atoms with Crippen LogP contribution in [0, 0.1) is 5.41 Å². The number of aromatic nitrogens is 2. The van der Waals surface area contributed by atoms with Gasteiger partial charge in [0.15, 0.2) is 0 Å². The lowest BCUT2D eigenvalue weighted by molar-refractivity contribution is 0.0776. The highest BCUT2D eigenvalue weighted by atomic mass is 16.2. The van der Waals surface area contributed by atoms with E-state index in [0.717, 1.165) is 25.2 Å². The SMILES string of the molecule is CC1(CN)CCN(C(=O)c2ccccc2-n2cccn2)C1. The van der Waals surface area contributed by atoms with Crippen LogP contribution in [0.15, 0.2) is 42.7 Å². The van der Waals surface area contributed by atoms with Crippen LogP contribution >= 0.6 is 0 Å². The molecule has 2 heterocycles. The minimum Gasteiger partial charge on any atom is -0.338 e. The minimum atomic E-state index is 0.0380. The van der Waals surface area contributed by atoms with Crippen molar-refractivity contribution in [3.63, 3.8) is 0 Å². The van der Waals surface area contributed by atoms with Crippen LogP contribution in [0.1, 0.15) is 23.7 Å². The van der Waals surface area contributed by atoms with E-state index in [1.54, 1.807) is 10.9 Å². The van der Waals surface area contributed by atoms with Gasteiger partial charge in [0.1, 0.15) is 0 Å². The minimum absolute atomic E-state index is 0.0380. The Balaban J connectivity index is 1.90. The monoisotopic (exact) mass is 284 g/mol. The molecule has 0 bridgehead atoms. The molecule has 1 aliphatic rings. The van der Waals surface area contributed by atoms with Crippen molar-refractivity contribution in [2.45, 2.75) is 13.3 Å². The number of likely N-dealkylation sites (tertiary alicyclic amines) is 1. The zero-order valence-electron chi connectivity index (χ0n) is 12.2. The number of benzene rings is 1. The molecule has 1 fully saturated rings. The van der Waals surface area contributed by atoms with Crippen molar-refractivity contribution in [1.82, 2.24) is 14.7 Å². The second-order valence-corrected chi connectivity index (χ2v) is 5.96. The highest BCUT2D eigenvalue weighted by Crippen LogP contribution is 2.30. The predicted molar refractivity (Wildman–Crippen MR) is 81.2 cm³/mol. The third-order valence-electron chi connectivity index (χ3n) is 4.22. The Morgan fingerprint density at radius 2 is 2.19 bits per heavy atom. The average molecular weight is 284 g/mol. The van der Waals surface area contributed by atoms with Gasteiger partial charge in [0, 0.05) is 25.5 Å². The molecule has 1 atom stereocenters. The van der Waals surface area contributed by atoms with E-state index in [1.807, 2.05) is 41.4 Å². The van der Waals surface area contributed by atoms with Crippen molar-refractivity contribution in [2.75, 3.05) is 19.6 Å². The zero-order chi connectivity index (χ0) is 14.9. The van der Waals surface area contributed by atoms with E-state index in [0.29, 0.717) is 12.1 Å². The number of nitrogens with two attached hydrogens (primary N) is 1. The van der Waals surface area contributed by atoms with Gasteiger partial charge in [0.25, 0.3) is 5.91 Å². The normalized spacial score (nSPS) is 21.7. The first kappa shape index (κ1) is 13.8. The van der Waals surface area contributed by atoms with E-state index in [2.05, 4.69) is 12.0 Å². The van der Waals surface area contributed by atoms with Crippen molar-refractivity contribution in [3.05, 3.63) is 48.3 Å². The number of rotatable bonds is 3. The zero-order valence-corrected chi connectivity index (χ0v) is 12.2. The van der Waals surface area contributed by atoms with Gasteiger partial charge in [-0.1, -0.05) is 19.1 Å². The van der Waals surface area contributed by atoms with Crippen LogP contribution in [-0.4, -0.2) is 40.2 Å². The Morgan fingerprint density at radius 1 is 1.38 bits per heavy atom. The van der Waals surface area contributed by atoms with Gasteiger partial charge in [0.2, 0.25) is 0 Å². The number of carbonyl (C=O) groups is 1. The molecule has 1 unspecified atom stereocenters. The van der Waals surface area contributed by atoms with Crippen LogP contribution in [0.2, 0.25) is 0 Å². The molecule has 5 nitrogen and oxygen atoms in total. The third kappa shape index (κ3) is 2.56. The van der Waals surface area contributed by atoms with Crippen molar-refractivity contribution in [3.8, 4) is 5.69 Å². The van der Waals surface area contributed by atoms with Crippen molar-refractivity contribution in [1.29, 1.82) is 0 Å². The Labute approximate surface area is 124 Å². The summed E-state index contributed by atoms with van der Waals surface area (Å²) in [4.78, 5) is 14.7. The summed E-state index contributed by atoms with van der Waals surface area (Å²) < 4.78 is 1.73. The van der Waals surface area contributed by atoms with E-state index in [9.17, 15) is 4.79 Å². The van der Waals surface area contributed by atoms with Gasteiger partial charge in [-0.15, -0.1) is 0 Å². The van der Waals surface area contributed by atoms with E-state index in [-0.39, 0.29) is 11.3 Å². The fourth-order valence-electron chi connectivity index (χ4n) is 2.80. The highest BCUT2D eigenvalue weighted by molar-refractivity contribution is 5.98. The summed E-state index contributed by atoms with van der Waals surface area (Å²) in [6, 6.07) is 9.43. The highest BCUT2D eigenvalue weighted by Gasteiger charge is 2.35. The molecule has 2 N–H and O–H groups in total. The molecular formula is C16H20N4O. The van der Waals surface area contributed by atoms with Gasteiger partial charge in [-0.2, -0.15) is 5.10 Å². The van der Waals surface area contributed by atoms with Gasteiger partial charge in [0.05, 0.1) is 11.3 Å². The summed E-state index contributed by atoms with van der Waals surface area (Å²) >= 11 is 0. The van der Waals surface area contributed by atoms with Crippen LogP contribution in [0.5, 0.6) is 0 Å². The number of nitrogens with zero attached hydrogens (tertiary/aromatic N) is 3. The lowest BCUT2D eigenvalue weighted by Gasteiger charge is -2.23. The van der Waals surface area contributed by atoms with Gasteiger partial charge in [-0.25, -0.2) is 4.68 Å². The molecule has 1 aliphatic heterocycles. The van der Waals surface area contributed by atoms with Crippen LogP contribution in [0.25, 0.3) is 5.69 Å². The molecule has 0 spiro atoms. The molecule has 0 aliphatic carbocycles. The number of amides is 1.